The Morgan fingerprint density at radius 1 is 1.28 bits per heavy atom. The van der Waals surface area contributed by atoms with Crippen molar-refractivity contribution in [1.82, 2.24) is 10.2 Å². The molecule has 104 valence electrons. The highest BCUT2D eigenvalue weighted by molar-refractivity contribution is 5.88. The van der Waals surface area contributed by atoms with Crippen LogP contribution in [0, 0.1) is 0 Å². The average Bonchev–Trinajstić information content (AvgIpc) is 2.64. The topological polar surface area (TPSA) is 32.3 Å². The zero-order valence-electron chi connectivity index (χ0n) is 12.2. The van der Waals surface area contributed by atoms with Crippen LogP contribution in [0.4, 0.5) is 0 Å². The highest BCUT2D eigenvalue weighted by Gasteiger charge is 2.48. The quantitative estimate of drug-likeness (QED) is 0.834. The summed E-state index contributed by atoms with van der Waals surface area (Å²) in [6.45, 7) is 6.38. The Hall–Kier alpha value is -0.570. The standard InChI is InChI=1S/C15H28N2O/c1-4-9-13-16-15(3,5-2)14(18)17(13)12-10-7-6-8-11-12/h12-13,16H,4-11H2,1-3H3. The number of rotatable bonds is 4. The van der Waals surface area contributed by atoms with Crippen LogP contribution in [0.25, 0.3) is 0 Å². The summed E-state index contributed by atoms with van der Waals surface area (Å²) in [4.78, 5) is 14.9. The summed E-state index contributed by atoms with van der Waals surface area (Å²) >= 11 is 0. The summed E-state index contributed by atoms with van der Waals surface area (Å²) in [5.74, 6) is 0.343. The molecule has 1 amide bonds. The van der Waals surface area contributed by atoms with E-state index < -0.39 is 0 Å². The number of hydrogen-bond acceptors (Lipinski definition) is 2. The minimum atomic E-state index is -0.322. The molecule has 3 nitrogen and oxygen atoms in total. The van der Waals surface area contributed by atoms with E-state index in [2.05, 4.69) is 31.0 Å². The molecule has 18 heavy (non-hydrogen) atoms. The summed E-state index contributed by atoms with van der Waals surface area (Å²) in [6, 6.07) is 0.490. The normalized spacial score (nSPS) is 34.3. The summed E-state index contributed by atoms with van der Waals surface area (Å²) in [5.41, 5.74) is -0.322. The second-order valence-electron chi connectivity index (χ2n) is 6.14. The lowest BCUT2D eigenvalue weighted by molar-refractivity contribution is -0.135. The largest absolute Gasteiger partial charge is 0.323 e. The van der Waals surface area contributed by atoms with Gasteiger partial charge in [-0.15, -0.1) is 0 Å². The van der Waals surface area contributed by atoms with Crippen LogP contribution in [-0.2, 0) is 4.79 Å². The molecule has 1 saturated carbocycles. The highest BCUT2D eigenvalue weighted by Crippen LogP contribution is 2.32. The lowest BCUT2D eigenvalue weighted by atomic mass is 9.92. The van der Waals surface area contributed by atoms with Gasteiger partial charge in [0.15, 0.2) is 0 Å². The Morgan fingerprint density at radius 3 is 2.50 bits per heavy atom. The number of nitrogens with zero attached hydrogens (tertiary/aromatic N) is 1. The SMILES string of the molecule is CCCC1NC(C)(CC)C(=O)N1C1CCCCC1. The molecule has 0 radical (unpaired) electrons. The van der Waals surface area contributed by atoms with E-state index in [1.165, 1.54) is 32.1 Å². The molecule has 2 atom stereocenters. The fourth-order valence-electron chi connectivity index (χ4n) is 3.44. The van der Waals surface area contributed by atoms with Crippen LogP contribution >= 0.6 is 0 Å². The molecule has 0 aromatic carbocycles. The predicted octanol–water partition coefficient (Wildman–Crippen LogP) is 3.05. The molecule has 0 aromatic heterocycles. The molecule has 1 aliphatic heterocycles. The van der Waals surface area contributed by atoms with Crippen LogP contribution in [0.5, 0.6) is 0 Å². The van der Waals surface area contributed by atoms with Gasteiger partial charge in [0.25, 0.3) is 0 Å². The average molecular weight is 252 g/mol. The number of carbonyl (C=O) groups excluding carboxylic acids is 1. The summed E-state index contributed by atoms with van der Waals surface area (Å²) in [5, 5.41) is 3.59. The van der Waals surface area contributed by atoms with Crippen LogP contribution in [-0.4, -0.2) is 28.6 Å². The maximum absolute atomic E-state index is 12.7. The van der Waals surface area contributed by atoms with Gasteiger partial charge in [0, 0.05) is 6.04 Å². The number of carbonyl (C=O) groups is 1. The van der Waals surface area contributed by atoms with Crippen LogP contribution in [0.3, 0.4) is 0 Å². The van der Waals surface area contributed by atoms with E-state index in [1.54, 1.807) is 0 Å². The fraction of sp³-hybridized carbons (Fsp3) is 0.933. The van der Waals surface area contributed by atoms with Crippen molar-refractivity contribution in [2.24, 2.45) is 0 Å². The first-order chi connectivity index (χ1) is 8.62. The third-order valence-electron chi connectivity index (χ3n) is 4.76. The zero-order chi connectivity index (χ0) is 13.2. The van der Waals surface area contributed by atoms with E-state index in [4.69, 9.17) is 0 Å². The monoisotopic (exact) mass is 252 g/mol. The third kappa shape index (κ3) is 2.42. The lowest BCUT2D eigenvalue weighted by Crippen LogP contribution is -2.46. The maximum atomic E-state index is 12.7. The minimum Gasteiger partial charge on any atom is -0.323 e. The first-order valence-corrected chi connectivity index (χ1v) is 7.73. The Morgan fingerprint density at radius 2 is 1.94 bits per heavy atom. The van der Waals surface area contributed by atoms with Gasteiger partial charge in [-0.25, -0.2) is 0 Å². The van der Waals surface area contributed by atoms with Crippen LogP contribution in [0.1, 0.15) is 72.1 Å². The van der Waals surface area contributed by atoms with Gasteiger partial charge in [-0.2, -0.15) is 0 Å². The van der Waals surface area contributed by atoms with Crippen molar-refractivity contribution in [3.63, 3.8) is 0 Å². The van der Waals surface area contributed by atoms with Crippen molar-refractivity contribution in [2.45, 2.75) is 89.9 Å². The predicted molar refractivity (Wildman–Crippen MR) is 74.2 cm³/mol. The van der Waals surface area contributed by atoms with Gasteiger partial charge >= 0.3 is 0 Å². The van der Waals surface area contributed by atoms with Crippen molar-refractivity contribution in [2.75, 3.05) is 0 Å². The summed E-state index contributed by atoms with van der Waals surface area (Å²) in [6.07, 6.45) is 9.69. The van der Waals surface area contributed by atoms with Crippen LogP contribution < -0.4 is 5.32 Å². The first-order valence-electron chi connectivity index (χ1n) is 7.73. The van der Waals surface area contributed by atoms with Gasteiger partial charge in [0.05, 0.1) is 11.7 Å². The molecule has 1 N–H and O–H groups in total. The molecular formula is C15H28N2O. The molecule has 3 heteroatoms. The second kappa shape index (κ2) is 5.60. The molecule has 1 heterocycles. The van der Waals surface area contributed by atoms with E-state index in [9.17, 15) is 4.79 Å². The summed E-state index contributed by atoms with van der Waals surface area (Å²) < 4.78 is 0. The molecule has 0 aromatic rings. The van der Waals surface area contributed by atoms with Crippen molar-refractivity contribution in [3.8, 4) is 0 Å². The van der Waals surface area contributed by atoms with Crippen molar-refractivity contribution in [3.05, 3.63) is 0 Å². The molecule has 1 aliphatic carbocycles. The Balaban J connectivity index is 2.15. The number of hydrogen-bond donors (Lipinski definition) is 1. The van der Waals surface area contributed by atoms with Crippen molar-refractivity contribution in [1.29, 1.82) is 0 Å². The molecule has 2 fully saturated rings. The smallest absolute Gasteiger partial charge is 0.244 e. The molecule has 1 saturated heterocycles. The van der Waals surface area contributed by atoms with Gasteiger partial charge in [-0.1, -0.05) is 39.5 Å². The van der Waals surface area contributed by atoms with Gasteiger partial charge in [0.2, 0.25) is 5.91 Å². The van der Waals surface area contributed by atoms with Gasteiger partial charge in [-0.3, -0.25) is 10.1 Å². The van der Waals surface area contributed by atoms with Crippen molar-refractivity contribution < 1.29 is 4.79 Å². The third-order valence-corrected chi connectivity index (χ3v) is 4.76. The fourth-order valence-corrected chi connectivity index (χ4v) is 3.44. The van der Waals surface area contributed by atoms with E-state index in [0.717, 1.165) is 19.3 Å². The summed E-state index contributed by atoms with van der Waals surface area (Å²) in [7, 11) is 0. The van der Waals surface area contributed by atoms with Gasteiger partial charge < -0.3 is 4.90 Å². The van der Waals surface area contributed by atoms with Crippen LogP contribution in [0.2, 0.25) is 0 Å². The first kappa shape index (κ1) is 13.9. The maximum Gasteiger partial charge on any atom is 0.244 e. The molecule has 2 rings (SSSR count). The highest BCUT2D eigenvalue weighted by atomic mass is 16.2. The van der Waals surface area contributed by atoms with Crippen LogP contribution in [0.15, 0.2) is 0 Å². The van der Waals surface area contributed by atoms with Crippen molar-refractivity contribution >= 4 is 5.91 Å². The second-order valence-corrected chi connectivity index (χ2v) is 6.14. The number of nitrogens with one attached hydrogen (secondary N) is 1. The number of amides is 1. The Kier molecular flexibility index (Phi) is 4.31. The Bertz CT molecular complexity index is 299. The zero-order valence-corrected chi connectivity index (χ0v) is 12.2. The van der Waals surface area contributed by atoms with Gasteiger partial charge in [-0.05, 0) is 32.6 Å². The van der Waals surface area contributed by atoms with E-state index >= 15 is 0 Å². The molecule has 0 bridgehead atoms. The molecule has 0 spiro atoms. The molecular weight excluding hydrogens is 224 g/mol. The molecule has 2 unspecified atom stereocenters. The van der Waals surface area contributed by atoms with E-state index in [-0.39, 0.29) is 11.7 Å². The lowest BCUT2D eigenvalue weighted by Gasteiger charge is -2.35. The van der Waals surface area contributed by atoms with Gasteiger partial charge in [0.1, 0.15) is 0 Å². The van der Waals surface area contributed by atoms with E-state index in [1.807, 2.05) is 0 Å². The Labute approximate surface area is 111 Å². The molecule has 2 aliphatic rings. The minimum absolute atomic E-state index is 0.274. The van der Waals surface area contributed by atoms with E-state index in [0.29, 0.717) is 11.9 Å².